The summed E-state index contributed by atoms with van der Waals surface area (Å²) in [6, 6.07) is 5.73. The number of nitrogens with zero attached hydrogens (tertiary/aromatic N) is 1. The second kappa shape index (κ2) is 8.45. The van der Waals surface area contributed by atoms with Crippen LogP contribution in [0.1, 0.15) is 41.6 Å². The van der Waals surface area contributed by atoms with Crippen LogP contribution in [0.25, 0.3) is 0 Å². The molecule has 1 unspecified atom stereocenters. The van der Waals surface area contributed by atoms with Crippen molar-refractivity contribution in [1.29, 1.82) is 0 Å². The van der Waals surface area contributed by atoms with Crippen molar-refractivity contribution in [2.45, 2.75) is 38.6 Å². The Kier molecular flexibility index (Phi) is 6.59. The maximum Gasteiger partial charge on any atom is 0.254 e. The summed E-state index contributed by atoms with van der Waals surface area (Å²) in [6.45, 7) is 3.52. The Balaban J connectivity index is 2.09. The number of hydrogen-bond donors (Lipinski definition) is 2. The van der Waals surface area contributed by atoms with Crippen LogP contribution in [0, 0.1) is 6.92 Å². The third-order valence-electron chi connectivity index (χ3n) is 4.29. The Hall–Kier alpha value is -1.40. The highest BCUT2D eigenvalue weighted by Crippen LogP contribution is 2.24. The van der Waals surface area contributed by atoms with Gasteiger partial charge in [0.25, 0.3) is 5.91 Å². The van der Waals surface area contributed by atoms with E-state index in [2.05, 4.69) is 21.2 Å². The lowest BCUT2D eigenvalue weighted by molar-refractivity contribution is -0.121. The lowest BCUT2D eigenvalue weighted by Gasteiger charge is -2.36. The monoisotopic (exact) mass is 381 g/mol. The first-order valence-corrected chi connectivity index (χ1v) is 8.86. The van der Waals surface area contributed by atoms with Gasteiger partial charge in [0, 0.05) is 42.1 Å². The van der Waals surface area contributed by atoms with E-state index in [1.54, 1.807) is 0 Å². The third-order valence-corrected chi connectivity index (χ3v) is 5.15. The summed E-state index contributed by atoms with van der Waals surface area (Å²) in [4.78, 5) is 26.5. The number of hydrogen-bond acceptors (Lipinski definition) is 3. The van der Waals surface area contributed by atoms with Gasteiger partial charge in [-0.1, -0.05) is 22.0 Å². The van der Waals surface area contributed by atoms with E-state index in [1.165, 1.54) is 0 Å². The van der Waals surface area contributed by atoms with Crippen LogP contribution in [0.5, 0.6) is 0 Å². The van der Waals surface area contributed by atoms with Gasteiger partial charge in [0.2, 0.25) is 5.91 Å². The molecule has 3 N–H and O–H groups in total. The largest absolute Gasteiger partial charge is 0.354 e. The molecule has 0 saturated carbocycles. The molecule has 2 rings (SSSR count). The first-order valence-electron chi connectivity index (χ1n) is 8.07. The molecule has 1 fully saturated rings. The average molecular weight is 382 g/mol. The zero-order chi connectivity index (χ0) is 16.8. The van der Waals surface area contributed by atoms with Crippen LogP contribution in [0.2, 0.25) is 0 Å². The van der Waals surface area contributed by atoms with Crippen molar-refractivity contribution in [1.82, 2.24) is 10.2 Å². The van der Waals surface area contributed by atoms with E-state index >= 15 is 0 Å². The maximum atomic E-state index is 12.9. The molecule has 0 aromatic heterocycles. The van der Waals surface area contributed by atoms with Crippen LogP contribution in [-0.4, -0.2) is 42.4 Å². The number of nitrogens with one attached hydrogen (secondary N) is 1. The second-order valence-electron chi connectivity index (χ2n) is 5.90. The number of carbonyl (C=O) groups excluding carboxylic acids is 2. The summed E-state index contributed by atoms with van der Waals surface area (Å²) in [6.07, 6.45) is 3.33. The van der Waals surface area contributed by atoms with E-state index in [1.807, 2.05) is 30.0 Å². The number of carbonyl (C=O) groups is 2. The smallest absolute Gasteiger partial charge is 0.254 e. The van der Waals surface area contributed by atoms with Crippen molar-refractivity contribution in [3.8, 4) is 0 Å². The predicted molar refractivity (Wildman–Crippen MR) is 94.2 cm³/mol. The Morgan fingerprint density at radius 3 is 2.91 bits per heavy atom. The molecule has 0 spiro atoms. The van der Waals surface area contributed by atoms with Gasteiger partial charge in [0.05, 0.1) is 0 Å². The SMILES string of the molecule is Cc1c(Br)cccc1C(=O)N1CCCCC1CNC(=O)CCN. The van der Waals surface area contributed by atoms with Crippen LogP contribution in [0.3, 0.4) is 0 Å². The standard InChI is InChI=1S/C17H24BrN3O2/c1-12-14(6-4-7-15(12)18)17(23)21-10-3-2-5-13(21)11-20-16(22)8-9-19/h4,6-7,13H,2-3,5,8-11,19H2,1H3,(H,20,22). The Bertz CT molecular complexity index is 577. The Morgan fingerprint density at radius 1 is 1.39 bits per heavy atom. The molecule has 0 aliphatic carbocycles. The lowest BCUT2D eigenvalue weighted by Crippen LogP contribution is -2.49. The lowest BCUT2D eigenvalue weighted by atomic mass is 9.99. The molecule has 2 amide bonds. The van der Waals surface area contributed by atoms with Gasteiger partial charge < -0.3 is 16.0 Å². The minimum absolute atomic E-state index is 0.0431. The van der Waals surface area contributed by atoms with Gasteiger partial charge in [-0.2, -0.15) is 0 Å². The maximum absolute atomic E-state index is 12.9. The van der Waals surface area contributed by atoms with Gasteiger partial charge in [-0.05, 0) is 43.9 Å². The zero-order valence-electron chi connectivity index (χ0n) is 13.5. The summed E-state index contributed by atoms with van der Waals surface area (Å²) in [5.41, 5.74) is 7.07. The van der Waals surface area contributed by atoms with Crippen LogP contribution >= 0.6 is 15.9 Å². The predicted octanol–water partition coefficient (Wildman–Crippen LogP) is 2.22. The summed E-state index contributed by atoms with van der Waals surface area (Å²) >= 11 is 3.48. The van der Waals surface area contributed by atoms with Crippen molar-refractivity contribution in [2.75, 3.05) is 19.6 Å². The van der Waals surface area contributed by atoms with E-state index in [4.69, 9.17) is 5.73 Å². The molecule has 1 aromatic rings. The van der Waals surface area contributed by atoms with E-state index in [9.17, 15) is 9.59 Å². The first-order chi connectivity index (χ1) is 11.0. The number of likely N-dealkylation sites (tertiary alicyclic amines) is 1. The van der Waals surface area contributed by atoms with Crippen molar-refractivity contribution >= 4 is 27.7 Å². The molecule has 126 valence electrons. The molecular weight excluding hydrogens is 358 g/mol. The Morgan fingerprint density at radius 2 is 2.17 bits per heavy atom. The number of halogens is 1. The number of piperidine rings is 1. The minimum atomic E-state index is -0.0518. The highest BCUT2D eigenvalue weighted by molar-refractivity contribution is 9.10. The van der Waals surface area contributed by atoms with Gasteiger partial charge in [-0.3, -0.25) is 9.59 Å². The van der Waals surface area contributed by atoms with Gasteiger partial charge in [-0.25, -0.2) is 0 Å². The molecule has 0 radical (unpaired) electrons. The van der Waals surface area contributed by atoms with Crippen LogP contribution in [0.4, 0.5) is 0 Å². The molecule has 5 nitrogen and oxygen atoms in total. The van der Waals surface area contributed by atoms with Gasteiger partial charge in [0.1, 0.15) is 0 Å². The van der Waals surface area contributed by atoms with Gasteiger partial charge >= 0.3 is 0 Å². The number of amides is 2. The highest BCUT2D eigenvalue weighted by Gasteiger charge is 2.28. The molecule has 6 heteroatoms. The Labute approximate surface area is 145 Å². The van der Waals surface area contributed by atoms with Crippen LogP contribution in [-0.2, 0) is 4.79 Å². The number of benzene rings is 1. The third kappa shape index (κ3) is 4.54. The number of rotatable bonds is 5. The molecule has 0 bridgehead atoms. The summed E-state index contributed by atoms with van der Waals surface area (Å²) < 4.78 is 0.938. The molecule has 1 saturated heterocycles. The van der Waals surface area contributed by atoms with Gasteiger partial charge in [0.15, 0.2) is 0 Å². The topological polar surface area (TPSA) is 75.4 Å². The molecule has 1 atom stereocenters. The number of nitrogens with two attached hydrogens (primary N) is 1. The van der Waals surface area contributed by atoms with E-state index < -0.39 is 0 Å². The van der Waals surface area contributed by atoms with Gasteiger partial charge in [-0.15, -0.1) is 0 Å². The summed E-state index contributed by atoms with van der Waals surface area (Å²) in [7, 11) is 0. The van der Waals surface area contributed by atoms with Crippen molar-refractivity contribution in [3.05, 3.63) is 33.8 Å². The fourth-order valence-corrected chi connectivity index (χ4v) is 3.29. The second-order valence-corrected chi connectivity index (χ2v) is 6.76. The van der Waals surface area contributed by atoms with E-state index in [0.717, 1.165) is 41.4 Å². The van der Waals surface area contributed by atoms with Crippen LogP contribution in [0.15, 0.2) is 22.7 Å². The summed E-state index contributed by atoms with van der Waals surface area (Å²) in [5, 5.41) is 2.89. The van der Waals surface area contributed by atoms with Crippen molar-refractivity contribution in [3.63, 3.8) is 0 Å². The molecule has 1 aliphatic heterocycles. The van der Waals surface area contributed by atoms with E-state index in [0.29, 0.717) is 19.5 Å². The fourth-order valence-electron chi connectivity index (χ4n) is 2.93. The highest BCUT2D eigenvalue weighted by atomic mass is 79.9. The molecule has 1 aliphatic rings. The first kappa shape index (κ1) is 17.9. The molecular formula is C17H24BrN3O2. The molecule has 23 heavy (non-hydrogen) atoms. The van der Waals surface area contributed by atoms with Crippen molar-refractivity contribution < 1.29 is 9.59 Å². The molecule has 1 heterocycles. The minimum Gasteiger partial charge on any atom is -0.354 e. The summed E-state index contributed by atoms with van der Waals surface area (Å²) in [5.74, 6) is -0.00863. The quantitative estimate of drug-likeness (QED) is 0.820. The molecule has 1 aromatic carbocycles. The van der Waals surface area contributed by atoms with E-state index in [-0.39, 0.29) is 17.9 Å². The van der Waals surface area contributed by atoms with Crippen molar-refractivity contribution in [2.24, 2.45) is 5.73 Å². The average Bonchev–Trinajstić information content (AvgIpc) is 2.55. The van der Waals surface area contributed by atoms with Crippen LogP contribution < -0.4 is 11.1 Å². The fraction of sp³-hybridized carbons (Fsp3) is 0.529. The normalized spacial score (nSPS) is 17.9. The zero-order valence-corrected chi connectivity index (χ0v) is 15.1.